The predicted molar refractivity (Wildman–Crippen MR) is 68.3 cm³/mol. The van der Waals surface area contributed by atoms with Crippen molar-refractivity contribution in [2.45, 2.75) is 33.0 Å². The number of hydrogen-bond acceptors (Lipinski definition) is 4. The first kappa shape index (κ1) is 14.7. The second-order valence-electron chi connectivity index (χ2n) is 4.20. The first-order chi connectivity index (χ1) is 8.51. The summed E-state index contributed by atoms with van der Waals surface area (Å²) in [6.45, 7) is 5.92. The largest absolute Gasteiger partial charge is 0.464 e. The van der Waals surface area contributed by atoms with Crippen LogP contribution >= 0.6 is 0 Å². The molecule has 1 rings (SSSR count). The third kappa shape index (κ3) is 3.31. The molecule has 0 saturated heterocycles. The summed E-state index contributed by atoms with van der Waals surface area (Å²) in [7, 11) is 1.38. The molecule has 2 unspecified atom stereocenters. The molecule has 0 aromatic heterocycles. The van der Waals surface area contributed by atoms with Crippen molar-refractivity contribution in [1.82, 2.24) is 0 Å². The number of benzene rings is 1. The summed E-state index contributed by atoms with van der Waals surface area (Å²) >= 11 is 0. The Bertz CT molecular complexity index is 414. The van der Waals surface area contributed by atoms with Crippen molar-refractivity contribution in [2.24, 2.45) is 0 Å². The minimum absolute atomic E-state index is 0.262. The van der Waals surface area contributed by atoms with E-state index >= 15 is 0 Å². The lowest BCUT2D eigenvalue weighted by Gasteiger charge is -2.20. The second-order valence-corrected chi connectivity index (χ2v) is 4.20. The minimum atomic E-state index is -1.02. The summed E-state index contributed by atoms with van der Waals surface area (Å²) in [5.74, 6) is -0.550. The molecule has 0 aliphatic heterocycles. The van der Waals surface area contributed by atoms with E-state index in [2.05, 4.69) is 0 Å². The van der Waals surface area contributed by atoms with Crippen LogP contribution in [0.25, 0.3) is 0 Å². The highest BCUT2D eigenvalue weighted by Gasteiger charge is 2.29. The van der Waals surface area contributed by atoms with Gasteiger partial charge in [-0.05, 0) is 37.5 Å². The van der Waals surface area contributed by atoms with Crippen LogP contribution < -0.4 is 0 Å². The Kier molecular flexibility index (Phi) is 5.31. The van der Waals surface area contributed by atoms with Crippen molar-refractivity contribution in [3.8, 4) is 0 Å². The van der Waals surface area contributed by atoms with Gasteiger partial charge in [0, 0.05) is 7.11 Å². The summed E-state index contributed by atoms with van der Waals surface area (Å²) in [6, 6.07) is 5.55. The van der Waals surface area contributed by atoms with E-state index in [1.165, 1.54) is 7.11 Å². The molecule has 1 aromatic rings. The Morgan fingerprint density at radius 1 is 1.33 bits per heavy atom. The smallest absolute Gasteiger partial charge is 0.338 e. The van der Waals surface area contributed by atoms with Gasteiger partial charge in [-0.25, -0.2) is 4.79 Å². The van der Waals surface area contributed by atoms with Crippen molar-refractivity contribution in [1.29, 1.82) is 0 Å². The van der Waals surface area contributed by atoms with Gasteiger partial charge >= 0.3 is 5.97 Å². The molecule has 4 nitrogen and oxygen atoms in total. The van der Waals surface area contributed by atoms with E-state index in [4.69, 9.17) is 9.47 Å². The molecule has 2 atom stereocenters. The van der Waals surface area contributed by atoms with Gasteiger partial charge in [-0.3, -0.25) is 0 Å². The lowest BCUT2D eigenvalue weighted by atomic mass is 9.99. The topological polar surface area (TPSA) is 55.8 Å². The highest BCUT2D eigenvalue weighted by molar-refractivity contribution is 5.75. The number of esters is 1. The molecular weight excluding hydrogens is 232 g/mol. The number of hydrogen-bond donors (Lipinski definition) is 1. The molecule has 18 heavy (non-hydrogen) atoms. The molecule has 0 fully saturated rings. The van der Waals surface area contributed by atoms with Crippen molar-refractivity contribution >= 4 is 5.97 Å². The molecule has 100 valence electrons. The minimum Gasteiger partial charge on any atom is -0.464 e. The van der Waals surface area contributed by atoms with Crippen LogP contribution in [0.2, 0.25) is 0 Å². The van der Waals surface area contributed by atoms with Gasteiger partial charge in [-0.2, -0.15) is 0 Å². The van der Waals surface area contributed by atoms with Gasteiger partial charge in [0.05, 0.1) is 6.61 Å². The molecular formula is C14H20O4. The van der Waals surface area contributed by atoms with Crippen LogP contribution in [0.1, 0.15) is 29.7 Å². The Labute approximate surface area is 108 Å². The van der Waals surface area contributed by atoms with Crippen LogP contribution in [-0.2, 0) is 14.3 Å². The van der Waals surface area contributed by atoms with Gasteiger partial charge in [-0.1, -0.05) is 18.2 Å². The number of carbonyl (C=O) groups is 1. The number of aryl methyl sites for hydroxylation is 2. The summed E-state index contributed by atoms with van der Waals surface area (Å²) in [6.07, 6.45) is -2.01. The summed E-state index contributed by atoms with van der Waals surface area (Å²) in [5.41, 5.74) is 2.85. The lowest BCUT2D eigenvalue weighted by Crippen LogP contribution is -2.32. The summed E-state index contributed by atoms with van der Waals surface area (Å²) in [5, 5.41) is 10.2. The molecule has 0 spiro atoms. The van der Waals surface area contributed by atoms with Gasteiger partial charge in [-0.15, -0.1) is 0 Å². The normalized spacial score (nSPS) is 14.1. The van der Waals surface area contributed by atoms with Crippen molar-refractivity contribution in [3.05, 3.63) is 34.9 Å². The molecule has 0 bridgehead atoms. The number of rotatable bonds is 5. The number of methoxy groups -OCH3 is 1. The third-order valence-corrected chi connectivity index (χ3v) is 2.93. The van der Waals surface area contributed by atoms with Crippen LogP contribution in [0, 0.1) is 13.8 Å². The molecule has 4 heteroatoms. The maximum atomic E-state index is 11.6. The molecule has 0 aliphatic carbocycles. The molecule has 0 aliphatic rings. The number of ether oxygens (including phenoxy) is 2. The maximum Gasteiger partial charge on any atom is 0.338 e. The van der Waals surface area contributed by atoms with Crippen LogP contribution in [0.4, 0.5) is 0 Å². The lowest BCUT2D eigenvalue weighted by molar-refractivity contribution is -0.162. The third-order valence-electron chi connectivity index (χ3n) is 2.93. The zero-order chi connectivity index (χ0) is 13.7. The fourth-order valence-corrected chi connectivity index (χ4v) is 1.70. The fraction of sp³-hybridized carbons (Fsp3) is 0.500. The van der Waals surface area contributed by atoms with Crippen LogP contribution in [0.15, 0.2) is 18.2 Å². The van der Waals surface area contributed by atoms with Crippen molar-refractivity contribution in [2.75, 3.05) is 13.7 Å². The molecule has 1 aromatic carbocycles. The zero-order valence-electron chi connectivity index (χ0n) is 11.3. The van der Waals surface area contributed by atoms with E-state index in [9.17, 15) is 9.90 Å². The van der Waals surface area contributed by atoms with Crippen molar-refractivity contribution in [3.63, 3.8) is 0 Å². The Hall–Kier alpha value is -1.39. The SMILES string of the molecule is CCOC(=O)C(OC)C(O)c1ccc(C)c(C)c1. The van der Waals surface area contributed by atoms with Gasteiger partial charge in [0.2, 0.25) is 0 Å². The quantitative estimate of drug-likeness (QED) is 0.813. The van der Waals surface area contributed by atoms with E-state index in [1.54, 1.807) is 13.0 Å². The predicted octanol–water partition coefficient (Wildman–Crippen LogP) is 1.91. The van der Waals surface area contributed by atoms with E-state index in [0.717, 1.165) is 11.1 Å². The molecule has 1 N–H and O–H groups in total. The Morgan fingerprint density at radius 2 is 2.00 bits per heavy atom. The van der Waals surface area contributed by atoms with Gasteiger partial charge in [0.15, 0.2) is 6.10 Å². The fourth-order valence-electron chi connectivity index (χ4n) is 1.70. The van der Waals surface area contributed by atoms with E-state index in [0.29, 0.717) is 5.56 Å². The van der Waals surface area contributed by atoms with Gasteiger partial charge in [0.1, 0.15) is 6.10 Å². The standard InChI is InChI=1S/C14H20O4/c1-5-18-14(16)13(17-4)12(15)11-7-6-9(2)10(3)8-11/h6-8,12-13,15H,5H2,1-4H3. The van der Waals surface area contributed by atoms with Gasteiger partial charge in [0.25, 0.3) is 0 Å². The Morgan fingerprint density at radius 3 is 2.50 bits per heavy atom. The highest BCUT2D eigenvalue weighted by atomic mass is 16.6. The first-order valence-corrected chi connectivity index (χ1v) is 5.95. The van der Waals surface area contributed by atoms with E-state index in [1.807, 2.05) is 26.0 Å². The highest BCUT2D eigenvalue weighted by Crippen LogP contribution is 2.22. The van der Waals surface area contributed by atoms with Gasteiger partial charge < -0.3 is 14.6 Å². The van der Waals surface area contributed by atoms with Crippen LogP contribution in [-0.4, -0.2) is 30.9 Å². The zero-order valence-corrected chi connectivity index (χ0v) is 11.3. The molecule has 0 amide bonds. The van der Waals surface area contributed by atoms with Crippen molar-refractivity contribution < 1.29 is 19.4 Å². The second kappa shape index (κ2) is 6.52. The number of aliphatic hydroxyl groups is 1. The molecule has 0 radical (unpaired) electrons. The van der Waals surface area contributed by atoms with Crippen LogP contribution in [0.5, 0.6) is 0 Å². The van der Waals surface area contributed by atoms with E-state index in [-0.39, 0.29) is 6.61 Å². The molecule has 0 heterocycles. The Balaban J connectivity index is 2.92. The average Bonchev–Trinajstić information content (AvgIpc) is 2.33. The first-order valence-electron chi connectivity index (χ1n) is 5.95. The number of aliphatic hydroxyl groups excluding tert-OH is 1. The summed E-state index contributed by atoms with van der Waals surface area (Å²) in [4.78, 5) is 11.6. The average molecular weight is 252 g/mol. The maximum absolute atomic E-state index is 11.6. The number of carbonyl (C=O) groups excluding carboxylic acids is 1. The molecule has 0 saturated carbocycles. The van der Waals surface area contributed by atoms with Crippen LogP contribution in [0.3, 0.4) is 0 Å². The van der Waals surface area contributed by atoms with E-state index < -0.39 is 18.2 Å². The summed E-state index contributed by atoms with van der Waals surface area (Å²) < 4.78 is 9.89. The monoisotopic (exact) mass is 252 g/mol.